The molecule has 2 atom stereocenters. The Kier molecular flexibility index (Phi) is 3.19. The van der Waals surface area contributed by atoms with Crippen molar-refractivity contribution in [3.8, 4) is 5.75 Å². The molecule has 1 saturated heterocycles. The highest BCUT2D eigenvalue weighted by Crippen LogP contribution is 2.42. The summed E-state index contributed by atoms with van der Waals surface area (Å²) >= 11 is 0. The molecule has 2 fully saturated rings. The zero-order chi connectivity index (χ0) is 13.4. The van der Waals surface area contributed by atoms with Crippen LogP contribution in [0.5, 0.6) is 5.75 Å². The van der Waals surface area contributed by atoms with Crippen LogP contribution in [-0.4, -0.2) is 25.3 Å². The van der Waals surface area contributed by atoms with E-state index in [2.05, 4.69) is 0 Å². The van der Waals surface area contributed by atoms with Gasteiger partial charge in [-0.15, -0.1) is 0 Å². The Hall–Kier alpha value is -1.55. The Morgan fingerprint density at radius 3 is 2.74 bits per heavy atom. The van der Waals surface area contributed by atoms with Crippen LogP contribution in [0.1, 0.15) is 36.5 Å². The molecule has 19 heavy (non-hydrogen) atoms. The predicted molar refractivity (Wildman–Crippen MR) is 69.1 cm³/mol. The van der Waals surface area contributed by atoms with Crippen molar-refractivity contribution >= 4 is 5.97 Å². The third-order valence-electron chi connectivity index (χ3n) is 3.84. The van der Waals surface area contributed by atoms with Crippen LogP contribution in [-0.2, 0) is 14.3 Å². The number of hydrogen-bond donors (Lipinski definition) is 0. The van der Waals surface area contributed by atoms with Gasteiger partial charge < -0.3 is 14.2 Å². The highest BCUT2D eigenvalue weighted by atomic mass is 16.6. The van der Waals surface area contributed by atoms with Crippen molar-refractivity contribution in [2.24, 2.45) is 0 Å². The van der Waals surface area contributed by atoms with Gasteiger partial charge in [0.2, 0.25) is 0 Å². The number of hydrogen-bond acceptors (Lipinski definition) is 4. The van der Waals surface area contributed by atoms with E-state index in [1.165, 1.54) is 0 Å². The molecule has 0 N–H and O–H groups in total. The molecule has 1 aliphatic carbocycles. The first-order valence-electron chi connectivity index (χ1n) is 6.69. The molecule has 102 valence electrons. The minimum Gasteiger partial charge on any atom is -0.497 e. The van der Waals surface area contributed by atoms with Crippen molar-refractivity contribution in [1.29, 1.82) is 0 Å². The monoisotopic (exact) mass is 262 g/mol. The highest BCUT2D eigenvalue weighted by Gasteiger charge is 2.48. The summed E-state index contributed by atoms with van der Waals surface area (Å²) in [4.78, 5) is 11.9. The van der Waals surface area contributed by atoms with Crippen LogP contribution >= 0.6 is 0 Å². The van der Waals surface area contributed by atoms with Gasteiger partial charge in [0, 0.05) is 0 Å². The van der Waals surface area contributed by atoms with Crippen molar-refractivity contribution in [3.05, 3.63) is 29.3 Å². The molecule has 3 rings (SSSR count). The van der Waals surface area contributed by atoms with Crippen LogP contribution in [0.2, 0.25) is 0 Å². The summed E-state index contributed by atoms with van der Waals surface area (Å²) in [7, 11) is 1.64. The molecule has 0 radical (unpaired) electrons. The molecule has 0 spiro atoms. The lowest BCUT2D eigenvalue weighted by molar-refractivity contribution is -0.154. The molecule has 1 aromatic rings. The molecule has 2 aliphatic rings. The van der Waals surface area contributed by atoms with Crippen LogP contribution in [0, 0.1) is 6.92 Å². The normalized spacial score (nSPS) is 25.6. The molecule has 2 unspecified atom stereocenters. The lowest BCUT2D eigenvalue weighted by Gasteiger charge is -2.24. The number of aryl methyl sites for hydroxylation is 1. The Balaban J connectivity index is 1.63. The van der Waals surface area contributed by atoms with Crippen LogP contribution in [0.3, 0.4) is 0 Å². The molecule has 0 aromatic heterocycles. The van der Waals surface area contributed by atoms with Gasteiger partial charge >= 0.3 is 5.97 Å². The summed E-state index contributed by atoms with van der Waals surface area (Å²) in [5, 5.41) is 0. The number of epoxide rings is 1. The Morgan fingerprint density at radius 1 is 1.37 bits per heavy atom. The van der Waals surface area contributed by atoms with E-state index in [0.29, 0.717) is 0 Å². The third kappa shape index (κ3) is 2.45. The van der Waals surface area contributed by atoms with Gasteiger partial charge in [-0.1, -0.05) is 6.07 Å². The van der Waals surface area contributed by atoms with Gasteiger partial charge in [-0.2, -0.15) is 0 Å². The lowest BCUT2D eigenvalue weighted by atomic mass is 9.96. The van der Waals surface area contributed by atoms with Gasteiger partial charge in [0.1, 0.15) is 18.0 Å². The summed E-state index contributed by atoms with van der Waals surface area (Å²) in [6.07, 6.45) is 2.68. The Labute approximate surface area is 112 Å². The van der Waals surface area contributed by atoms with Crippen LogP contribution in [0.25, 0.3) is 0 Å². The zero-order valence-electron chi connectivity index (χ0n) is 11.2. The molecule has 0 amide bonds. The van der Waals surface area contributed by atoms with Crippen LogP contribution < -0.4 is 4.74 Å². The molecule has 0 bridgehead atoms. The molecule has 4 nitrogen and oxygen atoms in total. The number of benzene rings is 1. The summed E-state index contributed by atoms with van der Waals surface area (Å²) in [5.74, 6) is 0.598. The number of carbonyl (C=O) groups excluding carboxylic acids is 1. The fraction of sp³-hybridized carbons (Fsp3) is 0.533. The molecule has 1 saturated carbocycles. The standard InChI is InChI=1S/C15H18O4/c1-9-8-11(17-2)6-7-12(9)13-14(19-13)15(16)18-10-4-3-5-10/h6-8,10,13-14H,3-5H2,1-2H3. The van der Waals surface area contributed by atoms with Gasteiger partial charge in [-0.3, -0.25) is 0 Å². The summed E-state index contributed by atoms with van der Waals surface area (Å²) in [5.41, 5.74) is 2.11. The second kappa shape index (κ2) is 4.85. The van der Waals surface area contributed by atoms with Gasteiger partial charge in [-0.25, -0.2) is 4.79 Å². The first-order chi connectivity index (χ1) is 9.19. The van der Waals surface area contributed by atoms with Gasteiger partial charge in [0.05, 0.1) is 7.11 Å². The minimum atomic E-state index is -0.423. The van der Waals surface area contributed by atoms with Gasteiger partial charge in [0.25, 0.3) is 0 Å². The maximum Gasteiger partial charge on any atom is 0.338 e. The average Bonchev–Trinajstić information content (AvgIpc) is 3.13. The van der Waals surface area contributed by atoms with Crippen molar-refractivity contribution in [2.45, 2.75) is 44.5 Å². The number of esters is 1. The van der Waals surface area contributed by atoms with Crippen LogP contribution in [0.15, 0.2) is 18.2 Å². The largest absolute Gasteiger partial charge is 0.497 e. The summed E-state index contributed by atoms with van der Waals surface area (Å²) in [6.45, 7) is 1.99. The molecular weight excluding hydrogens is 244 g/mol. The van der Waals surface area contributed by atoms with E-state index in [9.17, 15) is 4.79 Å². The molecule has 1 heterocycles. The van der Waals surface area contributed by atoms with E-state index in [-0.39, 0.29) is 18.2 Å². The van der Waals surface area contributed by atoms with Gasteiger partial charge in [0.15, 0.2) is 6.10 Å². The number of ether oxygens (including phenoxy) is 3. The maximum absolute atomic E-state index is 11.9. The topological polar surface area (TPSA) is 48.1 Å². The smallest absolute Gasteiger partial charge is 0.338 e. The number of rotatable bonds is 4. The SMILES string of the molecule is COc1ccc(C2OC2C(=O)OC2CCC2)c(C)c1. The van der Waals surface area contributed by atoms with Crippen LogP contribution in [0.4, 0.5) is 0 Å². The van der Waals surface area contributed by atoms with E-state index >= 15 is 0 Å². The van der Waals surface area contributed by atoms with E-state index in [4.69, 9.17) is 14.2 Å². The zero-order valence-corrected chi connectivity index (χ0v) is 11.2. The van der Waals surface area contributed by atoms with Gasteiger partial charge in [-0.05, 0) is 49.4 Å². The first kappa shape index (κ1) is 12.5. The van der Waals surface area contributed by atoms with E-state index in [0.717, 1.165) is 36.1 Å². The number of carbonyl (C=O) groups is 1. The van der Waals surface area contributed by atoms with Crippen molar-refractivity contribution < 1.29 is 19.0 Å². The quantitative estimate of drug-likeness (QED) is 0.618. The van der Waals surface area contributed by atoms with E-state index in [1.54, 1.807) is 7.11 Å². The second-order valence-corrected chi connectivity index (χ2v) is 5.19. The van der Waals surface area contributed by atoms with E-state index < -0.39 is 6.10 Å². The van der Waals surface area contributed by atoms with E-state index in [1.807, 2.05) is 25.1 Å². The van der Waals surface area contributed by atoms with Crippen molar-refractivity contribution in [3.63, 3.8) is 0 Å². The van der Waals surface area contributed by atoms with Crippen molar-refractivity contribution in [2.75, 3.05) is 7.11 Å². The molecular formula is C15H18O4. The Morgan fingerprint density at radius 2 is 2.16 bits per heavy atom. The van der Waals surface area contributed by atoms with Crippen molar-refractivity contribution in [1.82, 2.24) is 0 Å². The second-order valence-electron chi connectivity index (χ2n) is 5.19. The minimum absolute atomic E-state index is 0.120. The maximum atomic E-state index is 11.9. The number of methoxy groups -OCH3 is 1. The average molecular weight is 262 g/mol. The third-order valence-corrected chi connectivity index (χ3v) is 3.84. The fourth-order valence-corrected chi connectivity index (χ4v) is 2.34. The predicted octanol–water partition coefficient (Wildman–Crippen LogP) is 2.54. The first-order valence-corrected chi connectivity index (χ1v) is 6.69. The highest BCUT2D eigenvalue weighted by molar-refractivity contribution is 5.78. The molecule has 1 aliphatic heterocycles. The molecule has 1 aromatic carbocycles. The fourth-order valence-electron chi connectivity index (χ4n) is 2.34. The summed E-state index contributed by atoms with van der Waals surface area (Å²) < 4.78 is 16.0. The summed E-state index contributed by atoms with van der Waals surface area (Å²) in [6, 6.07) is 5.79. The lowest BCUT2D eigenvalue weighted by Crippen LogP contribution is -2.27. The Bertz CT molecular complexity index is 493. The molecule has 4 heteroatoms.